The average molecular weight is 371 g/mol. The van der Waals surface area contributed by atoms with Gasteiger partial charge >= 0.3 is 0 Å². The Hall–Kier alpha value is -2.94. The van der Waals surface area contributed by atoms with Crippen LogP contribution < -0.4 is 5.56 Å². The predicted octanol–water partition coefficient (Wildman–Crippen LogP) is 0.542. The predicted molar refractivity (Wildman–Crippen MR) is 96.3 cm³/mol. The molecular weight excluding hydrogens is 354 g/mol. The lowest BCUT2D eigenvalue weighted by atomic mass is 10.3. The Morgan fingerprint density at radius 2 is 1.85 bits per heavy atom. The van der Waals surface area contributed by atoms with Crippen molar-refractivity contribution < 1.29 is 9.59 Å². The van der Waals surface area contributed by atoms with Crippen LogP contribution >= 0.6 is 11.3 Å². The molecule has 134 valence electrons. The van der Waals surface area contributed by atoms with Crippen molar-refractivity contribution in [3.8, 4) is 0 Å². The van der Waals surface area contributed by atoms with E-state index in [9.17, 15) is 14.4 Å². The number of thiophene rings is 1. The fraction of sp³-hybridized carbons (Fsp3) is 0.294. The van der Waals surface area contributed by atoms with Gasteiger partial charge in [-0.15, -0.1) is 11.3 Å². The molecule has 0 N–H and O–H groups in total. The van der Waals surface area contributed by atoms with Gasteiger partial charge in [0.25, 0.3) is 11.5 Å². The van der Waals surface area contributed by atoms with E-state index in [-0.39, 0.29) is 23.9 Å². The van der Waals surface area contributed by atoms with Gasteiger partial charge in [0.05, 0.1) is 4.88 Å². The molecule has 2 amide bonds. The maximum absolute atomic E-state index is 12.5. The number of carbonyl (C=O) groups is 2. The van der Waals surface area contributed by atoms with Gasteiger partial charge in [0.1, 0.15) is 18.4 Å². The normalized spacial score (nSPS) is 14.8. The minimum absolute atomic E-state index is 0.00340. The molecule has 0 bridgehead atoms. The highest BCUT2D eigenvalue weighted by Crippen LogP contribution is 2.14. The van der Waals surface area contributed by atoms with E-state index in [0.717, 1.165) is 0 Å². The van der Waals surface area contributed by atoms with Crippen LogP contribution in [-0.2, 0) is 11.3 Å². The SMILES string of the molecule is O=C(Cn1ncn2cccc2c1=O)N1CCN(C(=O)c2cccs2)CC1. The number of aromatic nitrogens is 3. The Kier molecular flexibility index (Phi) is 4.29. The third-order valence-corrected chi connectivity index (χ3v) is 5.34. The van der Waals surface area contributed by atoms with Crippen molar-refractivity contribution in [1.29, 1.82) is 0 Å². The van der Waals surface area contributed by atoms with Crippen LogP contribution in [-0.4, -0.2) is 62.0 Å². The second-order valence-electron chi connectivity index (χ2n) is 6.04. The third kappa shape index (κ3) is 3.01. The molecule has 3 aromatic heterocycles. The van der Waals surface area contributed by atoms with Crippen LogP contribution in [0.1, 0.15) is 9.67 Å². The zero-order chi connectivity index (χ0) is 18.1. The molecule has 3 aromatic rings. The quantitative estimate of drug-likeness (QED) is 0.673. The first-order valence-electron chi connectivity index (χ1n) is 8.27. The lowest BCUT2D eigenvalue weighted by Gasteiger charge is -2.34. The number of nitrogens with zero attached hydrogens (tertiary/aromatic N) is 5. The molecule has 0 atom stereocenters. The summed E-state index contributed by atoms with van der Waals surface area (Å²) in [5.41, 5.74) is 0.191. The molecule has 4 heterocycles. The second kappa shape index (κ2) is 6.75. The summed E-state index contributed by atoms with van der Waals surface area (Å²) in [5.74, 6) is -0.164. The molecular formula is C17H17N5O3S. The molecule has 1 saturated heterocycles. The highest BCUT2D eigenvalue weighted by molar-refractivity contribution is 7.12. The standard InChI is InChI=1S/C17H17N5O3S/c23-15(11-22-16(24)13-3-1-5-21(13)12-18-22)19-6-8-20(9-7-19)17(25)14-4-2-10-26-14/h1-5,10,12H,6-9,11H2. The summed E-state index contributed by atoms with van der Waals surface area (Å²) in [4.78, 5) is 41.3. The van der Waals surface area contributed by atoms with E-state index in [0.29, 0.717) is 36.6 Å². The van der Waals surface area contributed by atoms with Crippen molar-refractivity contribution >= 4 is 28.7 Å². The number of rotatable bonds is 3. The Balaban J connectivity index is 1.39. The first-order valence-corrected chi connectivity index (χ1v) is 9.15. The molecule has 26 heavy (non-hydrogen) atoms. The summed E-state index contributed by atoms with van der Waals surface area (Å²) in [6.45, 7) is 1.79. The summed E-state index contributed by atoms with van der Waals surface area (Å²) in [6.07, 6.45) is 3.25. The van der Waals surface area contributed by atoms with Gasteiger partial charge in [0.2, 0.25) is 5.91 Å². The Morgan fingerprint density at radius 1 is 1.08 bits per heavy atom. The number of hydrogen-bond donors (Lipinski definition) is 0. The number of fused-ring (bicyclic) bond motifs is 1. The van der Waals surface area contributed by atoms with Crippen LogP contribution in [0.4, 0.5) is 0 Å². The van der Waals surface area contributed by atoms with E-state index in [1.807, 2.05) is 11.4 Å². The largest absolute Gasteiger partial charge is 0.338 e. The minimum Gasteiger partial charge on any atom is -0.338 e. The minimum atomic E-state index is -0.294. The average Bonchev–Trinajstić information content (AvgIpc) is 3.35. The van der Waals surface area contributed by atoms with Crippen LogP contribution in [0.5, 0.6) is 0 Å². The number of piperazine rings is 1. The van der Waals surface area contributed by atoms with Crippen molar-refractivity contribution in [1.82, 2.24) is 24.0 Å². The van der Waals surface area contributed by atoms with Crippen LogP contribution in [0.2, 0.25) is 0 Å². The van der Waals surface area contributed by atoms with Crippen molar-refractivity contribution in [3.05, 3.63) is 57.4 Å². The molecule has 1 aliphatic rings. The zero-order valence-corrected chi connectivity index (χ0v) is 14.8. The topological polar surface area (TPSA) is 79.9 Å². The third-order valence-electron chi connectivity index (χ3n) is 4.48. The molecule has 0 spiro atoms. The van der Waals surface area contributed by atoms with Gasteiger partial charge in [0, 0.05) is 32.4 Å². The number of amides is 2. The first-order chi connectivity index (χ1) is 12.6. The van der Waals surface area contributed by atoms with E-state index in [1.165, 1.54) is 22.3 Å². The fourth-order valence-corrected chi connectivity index (χ4v) is 3.72. The maximum Gasteiger partial charge on any atom is 0.291 e. The Morgan fingerprint density at radius 3 is 2.58 bits per heavy atom. The fourth-order valence-electron chi connectivity index (χ4n) is 3.03. The van der Waals surface area contributed by atoms with Gasteiger partial charge in [-0.2, -0.15) is 5.10 Å². The van der Waals surface area contributed by atoms with Crippen LogP contribution in [0.25, 0.3) is 5.52 Å². The first kappa shape index (κ1) is 16.5. The van der Waals surface area contributed by atoms with E-state index < -0.39 is 0 Å². The van der Waals surface area contributed by atoms with Gasteiger partial charge in [-0.25, -0.2) is 4.68 Å². The van der Waals surface area contributed by atoms with Gasteiger partial charge < -0.3 is 14.2 Å². The van der Waals surface area contributed by atoms with Gasteiger partial charge in [-0.05, 0) is 23.6 Å². The molecule has 0 aliphatic carbocycles. The summed E-state index contributed by atoms with van der Waals surface area (Å²) in [7, 11) is 0. The van der Waals surface area contributed by atoms with Crippen LogP contribution in [0.15, 0.2) is 47.0 Å². The monoisotopic (exact) mass is 371 g/mol. The van der Waals surface area contributed by atoms with Crippen LogP contribution in [0.3, 0.4) is 0 Å². The van der Waals surface area contributed by atoms with Crippen LogP contribution in [0, 0.1) is 0 Å². The summed E-state index contributed by atoms with van der Waals surface area (Å²) < 4.78 is 2.80. The Labute approximate surface area is 152 Å². The molecule has 0 aromatic carbocycles. The molecule has 8 nitrogen and oxygen atoms in total. The maximum atomic E-state index is 12.5. The molecule has 0 unspecified atom stereocenters. The smallest absolute Gasteiger partial charge is 0.291 e. The molecule has 0 radical (unpaired) electrons. The van der Waals surface area contributed by atoms with Gasteiger partial charge in [-0.3, -0.25) is 14.4 Å². The molecule has 4 rings (SSSR count). The summed E-state index contributed by atoms with van der Waals surface area (Å²) in [6, 6.07) is 7.11. The summed E-state index contributed by atoms with van der Waals surface area (Å²) >= 11 is 1.42. The highest BCUT2D eigenvalue weighted by Gasteiger charge is 2.25. The van der Waals surface area contributed by atoms with Crippen molar-refractivity contribution in [2.75, 3.05) is 26.2 Å². The lowest BCUT2D eigenvalue weighted by molar-refractivity contribution is -0.133. The zero-order valence-electron chi connectivity index (χ0n) is 13.9. The van der Waals surface area contributed by atoms with Crippen molar-refractivity contribution in [2.24, 2.45) is 0 Å². The summed E-state index contributed by atoms with van der Waals surface area (Å²) in [5, 5.41) is 5.92. The van der Waals surface area contributed by atoms with Crippen molar-refractivity contribution in [3.63, 3.8) is 0 Å². The molecule has 0 saturated carbocycles. The van der Waals surface area contributed by atoms with E-state index >= 15 is 0 Å². The molecule has 1 aliphatic heterocycles. The van der Waals surface area contributed by atoms with Gasteiger partial charge in [0.15, 0.2) is 0 Å². The highest BCUT2D eigenvalue weighted by atomic mass is 32.1. The molecule has 1 fully saturated rings. The van der Waals surface area contributed by atoms with E-state index in [4.69, 9.17) is 0 Å². The second-order valence-corrected chi connectivity index (χ2v) is 6.99. The van der Waals surface area contributed by atoms with Crippen molar-refractivity contribution in [2.45, 2.75) is 6.54 Å². The van der Waals surface area contributed by atoms with Gasteiger partial charge in [-0.1, -0.05) is 6.07 Å². The lowest BCUT2D eigenvalue weighted by Crippen LogP contribution is -2.51. The van der Waals surface area contributed by atoms with E-state index in [1.54, 1.807) is 38.6 Å². The number of hydrogen-bond acceptors (Lipinski definition) is 5. The Bertz CT molecular complexity index is 999. The number of carbonyl (C=O) groups excluding carboxylic acids is 2. The van der Waals surface area contributed by atoms with E-state index in [2.05, 4.69) is 5.10 Å². The molecule has 9 heteroatoms.